The van der Waals surface area contributed by atoms with Gasteiger partial charge in [0.1, 0.15) is 30.7 Å². The Labute approximate surface area is 326 Å². The van der Waals surface area contributed by atoms with Gasteiger partial charge in [0.05, 0.1) is 49.6 Å². The molecule has 0 amide bonds. The maximum atomic E-state index is 13.5. The molecule has 2 saturated heterocycles. The molecule has 0 spiro atoms. The predicted octanol–water partition coefficient (Wildman–Crippen LogP) is 1.54. The van der Waals surface area contributed by atoms with Crippen molar-refractivity contribution in [2.75, 3.05) is 34.9 Å². The van der Waals surface area contributed by atoms with Crippen LogP contribution in [-0.2, 0) is 47.5 Å². The van der Waals surface area contributed by atoms with Gasteiger partial charge >= 0.3 is 5.97 Å². The van der Waals surface area contributed by atoms with Crippen LogP contribution in [0.4, 0.5) is 0 Å². The maximum absolute atomic E-state index is 13.5. The van der Waals surface area contributed by atoms with Crippen molar-refractivity contribution in [3.63, 3.8) is 0 Å². The molecular formula is C37H60INO14. The largest absolute Gasteiger partial charge is 0.451 e. The second-order valence-corrected chi connectivity index (χ2v) is 16.0. The molecule has 3 heterocycles. The molecule has 0 aromatic heterocycles. The Bertz CT molecular complexity index is 1250. The third-order valence-corrected chi connectivity index (χ3v) is 11.7. The quantitative estimate of drug-likeness (QED) is 0.107. The average molecular weight is 870 g/mol. The zero-order valence-electron chi connectivity index (χ0n) is 32.1. The van der Waals surface area contributed by atoms with Crippen LogP contribution in [0.5, 0.6) is 0 Å². The van der Waals surface area contributed by atoms with E-state index < -0.39 is 114 Å². The number of ketones is 1. The van der Waals surface area contributed by atoms with Crippen molar-refractivity contribution in [2.45, 2.75) is 132 Å². The summed E-state index contributed by atoms with van der Waals surface area (Å²) in [6.45, 7) is 8.55. The van der Waals surface area contributed by atoms with Gasteiger partial charge in [0.25, 0.3) is 0 Å². The molecule has 3 aliphatic heterocycles. The fourth-order valence-corrected chi connectivity index (χ4v) is 7.96. The van der Waals surface area contributed by atoms with Crippen LogP contribution in [0.15, 0.2) is 23.8 Å². The Morgan fingerprint density at radius 1 is 0.906 bits per heavy atom. The molecule has 8 unspecified atom stereocenters. The molecule has 0 saturated carbocycles. The number of alkyl halides is 1. The SMILES string of the molecule is COC1C(OC)[C@H](O)C(C)O[C@H]1OCC1/C=C(C)/C=C/C(=O)[C@H](C)C[C@H](CC=O)[C@H](OC2OC(C)[C@@H](O)C(N(C)C)C2O)[C@@H](C)[C@H](O)CC(=O)O[C@@H]1I. The summed E-state index contributed by atoms with van der Waals surface area (Å²) in [5.41, 5.74) is 0.685. The van der Waals surface area contributed by atoms with Crippen molar-refractivity contribution in [3.05, 3.63) is 23.8 Å². The zero-order chi connectivity index (χ0) is 39.7. The summed E-state index contributed by atoms with van der Waals surface area (Å²) in [5, 5.41) is 44.1. The summed E-state index contributed by atoms with van der Waals surface area (Å²) < 4.78 is 40.5. The lowest BCUT2D eigenvalue weighted by molar-refractivity contribution is -0.304. The minimum Gasteiger partial charge on any atom is -0.451 e. The average Bonchev–Trinajstić information content (AvgIpc) is 3.09. The number of hydrogen-bond acceptors (Lipinski definition) is 15. The number of ether oxygens (including phenoxy) is 7. The van der Waals surface area contributed by atoms with Crippen molar-refractivity contribution in [1.29, 1.82) is 0 Å². The minimum atomic E-state index is -1.32. The van der Waals surface area contributed by atoms with E-state index in [4.69, 9.17) is 33.2 Å². The topological polar surface area (TPSA) is 200 Å². The molecule has 3 rings (SSSR count). The highest BCUT2D eigenvalue weighted by Gasteiger charge is 2.48. The molecule has 2 fully saturated rings. The lowest BCUT2D eigenvalue weighted by Crippen LogP contribution is -2.63. The molecule has 0 bridgehead atoms. The first-order valence-corrected chi connectivity index (χ1v) is 19.4. The second kappa shape index (κ2) is 21.2. The van der Waals surface area contributed by atoms with Crippen molar-refractivity contribution in [2.24, 2.45) is 23.7 Å². The maximum Gasteiger partial charge on any atom is 0.309 e. The molecule has 0 aromatic rings. The van der Waals surface area contributed by atoms with Crippen molar-refractivity contribution in [1.82, 2.24) is 4.90 Å². The standard InChI is InChI=1S/C37H60INO14/c1-18-10-11-25(41)19(2)15-23(12-13-40)32(53-36-31(46)28(39(6)7)29(44)21(4)50-36)20(3)26(42)16-27(43)52-35(38)24(14-18)17-49-37-34(48-9)33(47-8)30(45)22(5)51-37/h10-11,13-14,19-24,26,28-37,42,44-46H,12,15-17H2,1-9H3/b11-10+,18-14+/t19-,20+,21?,22?,23+,24?,26-,28?,29-,30-,31?,32-,33?,34?,35+,36?,37-/m1/s1. The number of cyclic esters (lactones) is 1. The number of methoxy groups -OCH3 is 2. The number of esters is 1. The fraction of sp³-hybridized carbons (Fsp3) is 0.811. The highest BCUT2D eigenvalue weighted by molar-refractivity contribution is 14.1. The van der Waals surface area contributed by atoms with E-state index in [1.807, 2.05) is 28.7 Å². The van der Waals surface area contributed by atoms with Gasteiger partial charge in [-0.1, -0.05) is 31.6 Å². The summed E-state index contributed by atoms with van der Waals surface area (Å²) in [6, 6.07) is -0.740. The molecule has 4 N–H and O–H groups in total. The monoisotopic (exact) mass is 869 g/mol. The summed E-state index contributed by atoms with van der Waals surface area (Å²) in [5.74, 6) is -3.43. The van der Waals surface area contributed by atoms with E-state index in [1.165, 1.54) is 20.3 Å². The molecular weight excluding hydrogens is 809 g/mol. The van der Waals surface area contributed by atoms with E-state index in [0.29, 0.717) is 11.9 Å². The first kappa shape index (κ1) is 46.0. The number of likely N-dealkylation sites (N-methyl/N-ethyl adjacent to an activating group) is 1. The molecule has 16 heteroatoms. The summed E-state index contributed by atoms with van der Waals surface area (Å²) >= 11 is 1.98. The number of rotatable bonds is 10. The molecule has 0 radical (unpaired) electrons. The van der Waals surface area contributed by atoms with Gasteiger partial charge in [0, 0.05) is 38.4 Å². The van der Waals surface area contributed by atoms with Gasteiger partial charge < -0.3 is 63.3 Å². The highest BCUT2D eigenvalue weighted by atomic mass is 127. The highest BCUT2D eigenvalue weighted by Crippen LogP contribution is 2.35. The van der Waals surface area contributed by atoms with Crippen LogP contribution in [0.25, 0.3) is 0 Å². The van der Waals surface area contributed by atoms with Crippen molar-refractivity contribution < 1.29 is 68.0 Å². The number of carbonyl (C=O) groups is 3. The van der Waals surface area contributed by atoms with E-state index in [-0.39, 0.29) is 25.2 Å². The lowest BCUT2D eigenvalue weighted by Gasteiger charge is -2.46. The Hall–Kier alpha value is -1.42. The molecule has 17 atom stereocenters. The smallest absolute Gasteiger partial charge is 0.309 e. The van der Waals surface area contributed by atoms with Crippen LogP contribution in [0.3, 0.4) is 0 Å². The number of halogens is 1. The number of nitrogens with zero attached hydrogens (tertiary/aromatic N) is 1. The van der Waals surface area contributed by atoms with Gasteiger partial charge in [0.2, 0.25) is 0 Å². The van der Waals surface area contributed by atoms with Gasteiger partial charge in [0.15, 0.2) is 22.5 Å². The van der Waals surface area contributed by atoms with Crippen LogP contribution >= 0.6 is 22.6 Å². The number of carbonyl (C=O) groups excluding carboxylic acids is 3. The molecule has 0 aliphatic carbocycles. The summed E-state index contributed by atoms with van der Waals surface area (Å²) in [6.07, 6.45) is -5.13. The normalized spacial score (nSPS) is 44.2. The van der Waals surface area contributed by atoms with E-state index in [2.05, 4.69) is 0 Å². The van der Waals surface area contributed by atoms with Crippen LogP contribution in [-0.4, -0.2) is 156 Å². The predicted molar refractivity (Wildman–Crippen MR) is 200 cm³/mol. The van der Waals surface area contributed by atoms with Gasteiger partial charge in [-0.05, 0) is 75.9 Å². The summed E-state index contributed by atoms with van der Waals surface area (Å²) in [4.78, 5) is 40.5. The van der Waals surface area contributed by atoms with E-state index >= 15 is 0 Å². The minimum absolute atomic E-state index is 0.00673. The number of hydrogen-bond donors (Lipinski definition) is 4. The molecule has 3 aliphatic rings. The Morgan fingerprint density at radius 2 is 1.53 bits per heavy atom. The molecule has 304 valence electrons. The summed E-state index contributed by atoms with van der Waals surface area (Å²) in [7, 11) is 6.34. The second-order valence-electron chi connectivity index (χ2n) is 14.8. The fourth-order valence-electron chi connectivity index (χ4n) is 7.27. The van der Waals surface area contributed by atoms with E-state index in [9.17, 15) is 34.8 Å². The van der Waals surface area contributed by atoms with Gasteiger partial charge in [-0.3, -0.25) is 9.59 Å². The number of aliphatic hydroxyl groups excluding tert-OH is 4. The third-order valence-electron chi connectivity index (χ3n) is 10.5. The van der Waals surface area contributed by atoms with Crippen LogP contribution in [0.1, 0.15) is 53.9 Å². The van der Waals surface area contributed by atoms with Crippen LogP contribution in [0, 0.1) is 23.7 Å². The van der Waals surface area contributed by atoms with Gasteiger partial charge in [-0.15, -0.1) is 0 Å². The Kier molecular flexibility index (Phi) is 18.4. The number of aldehydes is 1. The van der Waals surface area contributed by atoms with Gasteiger partial charge in [-0.2, -0.15) is 0 Å². The number of allylic oxidation sites excluding steroid dienone is 3. The van der Waals surface area contributed by atoms with E-state index in [0.717, 1.165) is 0 Å². The molecule has 15 nitrogen and oxygen atoms in total. The van der Waals surface area contributed by atoms with Crippen LogP contribution in [0.2, 0.25) is 0 Å². The number of aliphatic hydroxyl groups is 4. The Balaban J connectivity index is 1.93. The molecule has 53 heavy (non-hydrogen) atoms. The first-order chi connectivity index (χ1) is 24.9. The van der Waals surface area contributed by atoms with Crippen LogP contribution < -0.4 is 0 Å². The first-order valence-electron chi connectivity index (χ1n) is 18.1. The molecule has 0 aromatic carbocycles. The van der Waals surface area contributed by atoms with E-state index in [1.54, 1.807) is 59.7 Å². The third kappa shape index (κ3) is 12.0. The lowest BCUT2D eigenvalue weighted by atomic mass is 9.79. The van der Waals surface area contributed by atoms with Crippen molar-refractivity contribution in [3.8, 4) is 0 Å². The zero-order valence-corrected chi connectivity index (χ0v) is 34.3. The van der Waals surface area contributed by atoms with Crippen molar-refractivity contribution >= 4 is 40.6 Å². The van der Waals surface area contributed by atoms with Gasteiger partial charge in [-0.25, -0.2) is 0 Å². The Morgan fingerprint density at radius 3 is 2.13 bits per heavy atom.